The molecule has 0 fully saturated rings. The first kappa shape index (κ1) is 17.9. The average molecular weight is 351 g/mol. The third kappa shape index (κ3) is 4.40. The normalized spacial score (nSPS) is 10.9. The van der Waals surface area contributed by atoms with E-state index in [1.54, 1.807) is 7.11 Å². The van der Waals surface area contributed by atoms with E-state index in [0.29, 0.717) is 0 Å². The second-order valence-corrected chi connectivity index (χ2v) is 6.02. The molecular formula is C20H25N5O. The van der Waals surface area contributed by atoms with Gasteiger partial charge in [0.2, 0.25) is 0 Å². The lowest BCUT2D eigenvalue weighted by atomic mass is 10.2. The van der Waals surface area contributed by atoms with E-state index in [-0.39, 0.29) is 0 Å². The van der Waals surface area contributed by atoms with Gasteiger partial charge in [-0.05, 0) is 49.5 Å². The fraction of sp³-hybridized carbons (Fsp3) is 0.300. The molecule has 6 heteroatoms. The Morgan fingerprint density at radius 3 is 2.50 bits per heavy atom. The topological polar surface area (TPSA) is 55.2 Å². The fourth-order valence-corrected chi connectivity index (χ4v) is 2.74. The van der Waals surface area contributed by atoms with Crippen LogP contribution in [0.25, 0.3) is 5.69 Å². The van der Waals surface area contributed by atoms with Crippen LogP contribution in [0, 0.1) is 0 Å². The molecule has 0 aliphatic carbocycles. The van der Waals surface area contributed by atoms with Gasteiger partial charge >= 0.3 is 0 Å². The van der Waals surface area contributed by atoms with E-state index in [1.165, 1.54) is 0 Å². The second kappa shape index (κ2) is 8.49. The Labute approximate surface area is 154 Å². The zero-order valence-corrected chi connectivity index (χ0v) is 15.5. The summed E-state index contributed by atoms with van der Waals surface area (Å²) in [5.74, 6) is 0.829. The highest BCUT2D eigenvalue weighted by molar-refractivity contribution is 5.62. The summed E-state index contributed by atoms with van der Waals surface area (Å²) in [7, 11) is 1.67. The van der Waals surface area contributed by atoms with Crippen LogP contribution in [0.4, 0.5) is 11.4 Å². The number of methoxy groups -OCH3 is 1. The van der Waals surface area contributed by atoms with Gasteiger partial charge in [-0.2, -0.15) is 0 Å². The number of hydrogen-bond donors (Lipinski definition) is 1. The van der Waals surface area contributed by atoms with Gasteiger partial charge in [-0.25, -0.2) is 4.68 Å². The lowest BCUT2D eigenvalue weighted by molar-refractivity contribution is 0.292. The number of hydrogen-bond acceptors (Lipinski definition) is 5. The summed E-state index contributed by atoms with van der Waals surface area (Å²) in [6.45, 7) is 7.15. The molecule has 0 bridgehead atoms. The number of anilines is 2. The summed E-state index contributed by atoms with van der Waals surface area (Å²) in [5, 5.41) is 11.9. The first-order chi connectivity index (χ1) is 12.7. The van der Waals surface area contributed by atoms with Crippen molar-refractivity contribution < 1.29 is 4.74 Å². The average Bonchev–Trinajstić information content (AvgIpc) is 3.15. The molecule has 0 saturated carbocycles. The second-order valence-electron chi connectivity index (χ2n) is 6.02. The monoisotopic (exact) mass is 351 g/mol. The maximum Gasteiger partial charge on any atom is 0.120 e. The molecule has 0 aliphatic rings. The van der Waals surface area contributed by atoms with Crippen molar-refractivity contribution in [1.82, 2.24) is 19.9 Å². The summed E-state index contributed by atoms with van der Waals surface area (Å²) < 4.78 is 7.07. The van der Waals surface area contributed by atoms with Crippen LogP contribution in [-0.4, -0.2) is 40.1 Å². The molecule has 0 saturated heterocycles. The van der Waals surface area contributed by atoms with Crippen LogP contribution in [-0.2, 0) is 6.54 Å². The molecule has 0 radical (unpaired) electrons. The minimum absolute atomic E-state index is 0.822. The largest absolute Gasteiger partial charge is 0.497 e. The summed E-state index contributed by atoms with van der Waals surface area (Å²) in [6.07, 6.45) is 1.99. The van der Waals surface area contributed by atoms with E-state index in [4.69, 9.17) is 4.74 Å². The molecule has 1 aromatic heterocycles. The summed E-state index contributed by atoms with van der Waals surface area (Å²) in [5.41, 5.74) is 3.96. The smallest absolute Gasteiger partial charge is 0.120 e. The number of nitrogens with one attached hydrogen (secondary N) is 1. The molecule has 3 aromatic rings. The number of aromatic nitrogens is 3. The molecule has 1 heterocycles. The van der Waals surface area contributed by atoms with Gasteiger partial charge in [0.1, 0.15) is 5.75 Å². The van der Waals surface area contributed by atoms with Crippen LogP contribution in [0.5, 0.6) is 5.75 Å². The van der Waals surface area contributed by atoms with E-state index in [9.17, 15) is 0 Å². The van der Waals surface area contributed by atoms with Gasteiger partial charge in [-0.15, -0.1) is 5.10 Å². The van der Waals surface area contributed by atoms with Gasteiger partial charge in [-0.3, -0.25) is 4.90 Å². The lowest BCUT2D eigenvalue weighted by Gasteiger charge is -2.15. The number of ether oxygens (including phenoxy) is 1. The third-order valence-corrected chi connectivity index (χ3v) is 4.31. The molecule has 0 atom stereocenters. The Balaban J connectivity index is 1.68. The van der Waals surface area contributed by atoms with E-state index < -0.39 is 0 Å². The van der Waals surface area contributed by atoms with Crippen LogP contribution in [0.1, 0.15) is 19.5 Å². The van der Waals surface area contributed by atoms with Crippen LogP contribution in [0.3, 0.4) is 0 Å². The van der Waals surface area contributed by atoms with Gasteiger partial charge in [0.25, 0.3) is 0 Å². The quantitative estimate of drug-likeness (QED) is 0.668. The maximum absolute atomic E-state index is 5.25. The Morgan fingerprint density at radius 1 is 1.04 bits per heavy atom. The Hall–Kier alpha value is -2.86. The van der Waals surface area contributed by atoms with Crippen LogP contribution in [0.15, 0.2) is 54.7 Å². The van der Waals surface area contributed by atoms with Crippen LogP contribution < -0.4 is 10.1 Å². The van der Waals surface area contributed by atoms with E-state index in [1.807, 2.05) is 59.4 Å². The Bertz CT molecular complexity index is 824. The zero-order chi connectivity index (χ0) is 18.4. The number of nitrogens with zero attached hydrogens (tertiary/aromatic N) is 4. The van der Waals surface area contributed by atoms with Gasteiger partial charge < -0.3 is 10.1 Å². The Kier molecular flexibility index (Phi) is 5.86. The van der Waals surface area contributed by atoms with Gasteiger partial charge in [0.15, 0.2) is 0 Å². The van der Waals surface area contributed by atoms with Crippen molar-refractivity contribution >= 4 is 11.4 Å². The fourth-order valence-electron chi connectivity index (χ4n) is 2.74. The minimum atomic E-state index is 0.822. The molecule has 0 spiro atoms. The highest BCUT2D eigenvalue weighted by atomic mass is 16.5. The van der Waals surface area contributed by atoms with Crippen molar-refractivity contribution in [2.24, 2.45) is 0 Å². The molecule has 3 rings (SSSR count). The summed E-state index contributed by atoms with van der Waals surface area (Å²) in [4.78, 5) is 2.31. The van der Waals surface area contributed by atoms with E-state index in [0.717, 1.165) is 48.1 Å². The molecule has 1 N–H and O–H groups in total. The highest BCUT2D eigenvalue weighted by Crippen LogP contribution is 2.22. The van der Waals surface area contributed by atoms with Gasteiger partial charge in [0.05, 0.1) is 24.7 Å². The van der Waals surface area contributed by atoms with Crippen molar-refractivity contribution in [3.8, 4) is 11.4 Å². The van der Waals surface area contributed by atoms with Gasteiger partial charge in [0, 0.05) is 24.0 Å². The molecular weight excluding hydrogens is 326 g/mol. The molecule has 136 valence electrons. The van der Waals surface area contributed by atoms with E-state index in [2.05, 4.69) is 34.4 Å². The molecule has 2 aromatic carbocycles. The third-order valence-electron chi connectivity index (χ3n) is 4.31. The van der Waals surface area contributed by atoms with Crippen molar-refractivity contribution in [2.45, 2.75) is 20.4 Å². The molecule has 0 aliphatic heterocycles. The minimum Gasteiger partial charge on any atom is -0.497 e. The molecule has 0 unspecified atom stereocenters. The lowest BCUT2D eigenvalue weighted by Crippen LogP contribution is -2.22. The van der Waals surface area contributed by atoms with Crippen molar-refractivity contribution in [3.05, 3.63) is 60.4 Å². The zero-order valence-electron chi connectivity index (χ0n) is 15.5. The van der Waals surface area contributed by atoms with Crippen LogP contribution in [0.2, 0.25) is 0 Å². The maximum atomic E-state index is 5.25. The van der Waals surface area contributed by atoms with Crippen LogP contribution >= 0.6 is 0 Å². The molecule has 6 nitrogen and oxygen atoms in total. The van der Waals surface area contributed by atoms with E-state index >= 15 is 0 Å². The predicted octanol–water partition coefficient (Wildman–Crippen LogP) is 3.86. The van der Waals surface area contributed by atoms with Crippen molar-refractivity contribution in [3.63, 3.8) is 0 Å². The highest BCUT2D eigenvalue weighted by Gasteiger charge is 2.07. The summed E-state index contributed by atoms with van der Waals surface area (Å²) >= 11 is 0. The number of rotatable bonds is 8. The standard InChI is InChI=1S/C20H25N5O/c1-4-24(5-2)14-18-15-25(23-22-18)19-11-9-16(10-12-19)21-17-7-6-8-20(13-17)26-3/h6-13,15,21H,4-5,14H2,1-3H3. The first-order valence-electron chi connectivity index (χ1n) is 8.87. The predicted molar refractivity (Wildman–Crippen MR) is 104 cm³/mol. The van der Waals surface area contributed by atoms with Gasteiger partial charge in [-0.1, -0.05) is 25.1 Å². The SMILES string of the molecule is CCN(CC)Cc1cn(-c2ccc(Nc3cccc(OC)c3)cc2)nn1. The summed E-state index contributed by atoms with van der Waals surface area (Å²) in [6, 6.07) is 16.0. The molecule has 0 amide bonds. The van der Waals surface area contributed by atoms with Crippen molar-refractivity contribution in [1.29, 1.82) is 0 Å². The first-order valence-corrected chi connectivity index (χ1v) is 8.87. The Morgan fingerprint density at radius 2 is 1.81 bits per heavy atom. The number of benzene rings is 2. The van der Waals surface area contributed by atoms with Crippen molar-refractivity contribution in [2.75, 3.05) is 25.5 Å². The molecule has 26 heavy (non-hydrogen) atoms.